The summed E-state index contributed by atoms with van der Waals surface area (Å²) in [5.74, 6) is -0.471. The van der Waals surface area contributed by atoms with Crippen molar-refractivity contribution in [1.82, 2.24) is 4.98 Å². The van der Waals surface area contributed by atoms with E-state index in [4.69, 9.17) is 5.73 Å². The van der Waals surface area contributed by atoms with Crippen LogP contribution in [0.15, 0.2) is 72.8 Å². The van der Waals surface area contributed by atoms with Gasteiger partial charge in [-0.15, -0.1) is 0 Å². The molecule has 0 saturated carbocycles. The second kappa shape index (κ2) is 5.59. The molecule has 2 aromatic carbocycles. The number of hydrogen-bond acceptors (Lipinski definition) is 2. The van der Waals surface area contributed by atoms with Crippen LogP contribution in [-0.2, 0) is 0 Å². The molecule has 21 heavy (non-hydrogen) atoms. The highest BCUT2D eigenvalue weighted by molar-refractivity contribution is 5.99. The van der Waals surface area contributed by atoms with E-state index in [-0.39, 0.29) is 0 Å². The van der Waals surface area contributed by atoms with Crippen molar-refractivity contribution < 1.29 is 4.79 Å². The lowest BCUT2D eigenvalue weighted by molar-refractivity contribution is 0.100. The first-order valence-electron chi connectivity index (χ1n) is 6.67. The average molecular weight is 274 g/mol. The summed E-state index contributed by atoms with van der Waals surface area (Å²) in [6, 6.07) is 23.0. The summed E-state index contributed by atoms with van der Waals surface area (Å²) in [5, 5.41) is 0. The summed E-state index contributed by atoms with van der Waals surface area (Å²) in [6.07, 6.45) is 0. The first-order valence-corrected chi connectivity index (χ1v) is 6.67. The number of rotatable bonds is 3. The predicted molar refractivity (Wildman–Crippen MR) is 83.6 cm³/mol. The monoisotopic (exact) mass is 274 g/mol. The van der Waals surface area contributed by atoms with E-state index >= 15 is 0 Å². The Hall–Kier alpha value is -2.94. The minimum absolute atomic E-state index is 0.431. The predicted octanol–water partition coefficient (Wildman–Crippen LogP) is 3.51. The Morgan fingerprint density at radius 1 is 0.762 bits per heavy atom. The number of nitrogens with two attached hydrogens (primary N) is 1. The lowest BCUT2D eigenvalue weighted by Gasteiger charge is -2.09. The van der Waals surface area contributed by atoms with Crippen LogP contribution in [0.1, 0.15) is 10.4 Å². The maximum atomic E-state index is 11.6. The van der Waals surface area contributed by atoms with Gasteiger partial charge in [-0.3, -0.25) is 4.79 Å². The standard InChI is InChI=1S/C18H14N2O/c19-18(21)15-11-12-16(13-7-3-1-4-8-13)20-17(15)14-9-5-2-6-10-14/h1-12H,(H2,19,21). The molecule has 0 saturated heterocycles. The van der Waals surface area contributed by atoms with Gasteiger partial charge >= 0.3 is 0 Å². The molecule has 0 spiro atoms. The molecule has 102 valence electrons. The normalized spacial score (nSPS) is 10.3. The van der Waals surface area contributed by atoms with Crippen LogP contribution >= 0.6 is 0 Å². The molecule has 3 rings (SSSR count). The number of primary amides is 1. The first kappa shape index (κ1) is 13.1. The fourth-order valence-electron chi connectivity index (χ4n) is 2.24. The minimum Gasteiger partial charge on any atom is -0.366 e. The van der Waals surface area contributed by atoms with Crippen LogP contribution in [0.2, 0.25) is 0 Å². The van der Waals surface area contributed by atoms with E-state index in [0.717, 1.165) is 16.8 Å². The Bertz CT molecular complexity index is 768. The molecular formula is C18H14N2O. The topological polar surface area (TPSA) is 56.0 Å². The molecule has 0 fully saturated rings. The number of nitrogens with zero attached hydrogens (tertiary/aromatic N) is 1. The van der Waals surface area contributed by atoms with E-state index in [1.165, 1.54) is 0 Å². The molecule has 0 aliphatic heterocycles. The molecule has 2 N–H and O–H groups in total. The van der Waals surface area contributed by atoms with E-state index in [0.29, 0.717) is 11.3 Å². The lowest BCUT2D eigenvalue weighted by atomic mass is 10.0. The van der Waals surface area contributed by atoms with Crippen molar-refractivity contribution in [1.29, 1.82) is 0 Å². The summed E-state index contributed by atoms with van der Waals surface area (Å²) < 4.78 is 0. The van der Waals surface area contributed by atoms with E-state index in [1.807, 2.05) is 66.7 Å². The van der Waals surface area contributed by atoms with Gasteiger partial charge in [0.25, 0.3) is 5.91 Å². The van der Waals surface area contributed by atoms with Crippen molar-refractivity contribution in [3.63, 3.8) is 0 Å². The Kier molecular flexibility index (Phi) is 3.48. The first-order chi connectivity index (χ1) is 10.3. The molecule has 0 unspecified atom stereocenters. The van der Waals surface area contributed by atoms with Crippen molar-refractivity contribution in [3.05, 3.63) is 78.4 Å². The van der Waals surface area contributed by atoms with Gasteiger partial charge in [-0.05, 0) is 12.1 Å². The smallest absolute Gasteiger partial charge is 0.250 e. The summed E-state index contributed by atoms with van der Waals surface area (Å²) in [6.45, 7) is 0. The number of pyridine rings is 1. The number of benzene rings is 2. The van der Waals surface area contributed by atoms with Gasteiger partial charge in [-0.1, -0.05) is 60.7 Å². The quantitative estimate of drug-likeness (QED) is 0.794. The largest absolute Gasteiger partial charge is 0.366 e. The highest BCUT2D eigenvalue weighted by Crippen LogP contribution is 2.25. The van der Waals surface area contributed by atoms with Crippen molar-refractivity contribution in [2.75, 3.05) is 0 Å². The van der Waals surface area contributed by atoms with E-state index in [2.05, 4.69) is 4.98 Å². The average Bonchev–Trinajstić information content (AvgIpc) is 2.56. The Morgan fingerprint density at radius 2 is 1.33 bits per heavy atom. The highest BCUT2D eigenvalue weighted by Gasteiger charge is 2.13. The molecule has 3 aromatic rings. The molecular weight excluding hydrogens is 260 g/mol. The van der Waals surface area contributed by atoms with E-state index in [1.54, 1.807) is 6.07 Å². The highest BCUT2D eigenvalue weighted by atomic mass is 16.1. The zero-order chi connectivity index (χ0) is 14.7. The number of carbonyl (C=O) groups is 1. The fraction of sp³-hybridized carbons (Fsp3) is 0. The molecule has 1 aromatic heterocycles. The molecule has 3 nitrogen and oxygen atoms in total. The third-order valence-electron chi connectivity index (χ3n) is 3.28. The molecule has 0 radical (unpaired) electrons. The summed E-state index contributed by atoms with van der Waals surface area (Å²) >= 11 is 0. The van der Waals surface area contributed by atoms with E-state index < -0.39 is 5.91 Å². The van der Waals surface area contributed by atoms with Crippen LogP contribution in [0.5, 0.6) is 0 Å². The molecule has 1 heterocycles. The maximum absolute atomic E-state index is 11.6. The Morgan fingerprint density at radius 3 is 1.90 bits per heavy atom. The molecule has 0 bridgehead atoms. The second-order valence-electron chi connectivity index (χ2n) is 4.69. The zero-order valence-electron chi connectivity index (χ0n) is 11.4. The van der Waals surface area contributed by atoms with Crippen molar-refractivity contribution in [2.24, 2.45) is 5.73 Å². The SMILES string of the molecule is NC(=O)c1ccc(-c2ccccc2)nc1-c1ccccc1. The molecule has 0 aliphatic rings. The molecule has 3 heteroatoms. The zero-order valence-corrected chi connectivity index (χ0v) is 11.4. The molecule has 1 amide bonds. The fourth-order valence-corrected chi connectivity index (χ4v) is 2.24. The van der Waals surface area contributed by atoms with Gasteiger partial charge in [-0.25, -0.2) is 4.98 Å². The third kappa shape index (κ3) is 2.67. The van der Waals surface area contributed by atoms with Crippen LogP contribution < -0.4 is 5.73 Å². The van der Waals surface area contributed by atoms with Gasteiger partial charge in [0.1, 0.15) is 0 Å². The van der Waals surface area contributed by atoms with E-state index in [9.17, 15) is 4.79 Å². The number of carbonyl (C=O) groups excluding carboxylic acids is 1. The van der Waals surface area contributed by atoms with Crippen molar-refractivity contribution in [3.8, 4) is 22.5 Å². The van der Waals surface area contributed by atoms with Gasteiger partial charge < -0.3 is 5.73 Å². The van der Waals surface area contributed by atoms with Crippen LogP contribution in [0.25, 0.3) is 22.5 Å². The number of hydrogen-bond donors (Lipinski definition) is 1. The van der Waals surface area contributed by atoms with Gasteiger partial charge in [0.15, 0.2) is 0 Å². The molecule has 0 aliphatic carbocycles. The third-order valence-corrected chi connectivity index (χ3v) is 3.28. The Labute approximate surface area is 123 Å². The minimum atomic E-state index is -0.471. The van der Waals surface area contributed by atoms with Gasteiger partial charge in [0, 0.05) is 11.1 Å². The van der Waals surface area contributed by atoms with Crippen LogP contribution in [0.4, 0.5) is 0 Å². The summed E-state index contributed by atoms with van der Waals surface area (Å²) in [4.78, 5) is 16.3. The second-order valence-corrected chi connectivity index (χ2v) is 4.69. The number of amides is 1. The lowest BCUT2D eigenvalue weighted by Crippen LogP contribution is -2.13. The van der Waals surface area contributed by atoms with Crippen LogP contribution in [0.3, 0.4) is 0 Å². The number of aromatic nitrogens is 1. The van der Waals surface area contributed by atoms with Crippen LogP contribution in [-0.4, -0.2) is 10.9 Å². The van der Waals surface area contributed by atoms with Gasteiger partial charge in [0.05, 0.1) is 17.0 Å². The molecule has 0 atom stereocenters. The Balaban J connectivity index is 2.18. The maximum Gasteiger partial charge on any atom is 0.250 e. The van der Waals surface area contributed by atoms with Crippen molar-refractivity contribution in [2.45, 2.75) is 0 Å². The van der Waals surface area contributed by atoms with Crippen molar-refractivity contribution >= 4 is 5.91 Å². The van der Waals surface area contributed by atoms with Gasteiger partial charge in [-0.2, -0.15) is 0 Å². The summed E-state index contributed by atoms with van der Waals surface area (Å²) in [7, 11) is 0. The van der Waals surface area contributed by atoms with Crippen LogP contribution in [0, 0.1) is 0 Å². The summed E-state index contributed by atoms with van der Waals surface area (Å²) in [5.41, 5.74) is 9.21. The van der Waals surface area contributed by atoms with Gasteiger partial charge in [0.2, 0.25) is 0 Å².